The van der Waals surface area contributed by atoms with Crippen molar-refractivity contribution in [2.45, 2.75) is 19.2 Å². The highest BCUT2D eigenvalue weighted by Gasteiger charge is 2.39. The Morgan fingerprint density at radius 3 is 2.40 bits per heavy atom. The molecule has 0 aliphatic rings. The predicted molar refractivity (Wildman–Crippen MR) is 52.3 cm³/mol. The van der Waals surface area contributed by atoms with Gasteiger partial charge in [-0.05, 0) is 24.1 Å². The zero-order valence-corrected chi connectivity index (χ0v) is 8.17. The van der Waals surface area contributed by atoms with E-state index in [2.05, 4.69) is 6.58 Å². The van der Waals surface area contributed by atoms with Gasteiger partial charge in [-0.15, -0.1) is 0 Å². The number of alkyl halides is 3. The summed E-state index contributed by atoms with van der Waals surface area (Å²) in [6.45, 7) is 5.14. The summed E-state index contributed by atoms with van der Waals surface area (Å²) in [5.74, 6) is 0. The number of rotatable bonds is 2. The van der Waals surface area contributed by atoms with Gasteiger partial charge in [-0.25, -0.2) is 0 Å². The molecule has 1 unspecified atom stereocenters. The van der Waals surface area contributed by atoms with Crippen LogP contribution >= 0.6 is 0 Å². The van der Waals surface area contributed by atoms with Crippen molar-refractivity contribution in [2.24, 2.45) is 0 Å². The molecule has 1 nitrogen and oxygen atoms in total. The minimum atomic E-state index is -4.63. The lowest BCUT2D eigenvalue weighted by Gasteiger charge is -2.15. The quantitative estimate of drug-likeness (QED) is 0.804. The molecular weight excluding hydrogens is 205 g/mol. The van der Waals surface area contributed by atoms with Crippen LogP contribution in [0.15, 0.2) is 24.8 Å². The summed E-state index contributed by atoms with van der Waals surface area (Å²) in [5.41, 5.74) is 1.07. The Kier molecular flexibility index (Phi) is 3.19. The molecule has 0 heterocycles. The van der Waals surface area contributed by atoms with Gasteiger partial charge in [0.2, 0.25) is 0 Å². The van der Waals surface area contributed by atoms with Gasteiger partial charge in [0.05, 0.1) is 0 Å². The number of aliphatic hydroxyl groups is 1. The van der Waals surface area contributed by atoms with Crippen molar-refractivity contribution >= 4 is 6.08 Å². The molecule has 1 aromatic rings. The van der Waals surface area contributed by atoms with Crippen LogP contribution in [0.4, 0.5) is 13.2 Å². The topological polar surface area (TPSA) is 20.2 Å². The van der Waals surface area contributed by atoms with Gasteiger partial charge in [0.15, 0.2) is 6.10 Å². The van der Waals surface area contributed by atoms with Gasteiger partial charge in [0.25, 0.3) is 0 Å². The van der Waals surface area contributed by atoms with E-state index in [1.54, 1.807) is 13.0 Å². The molecule has 0 aliphatic carbocycles. The third-order valence-electron chi connectivity index (χ3n) is 1.98. The zero-order valence-electron chi connectivity index (χ0n) is 8.17. The van der Waals surface area contributed by atoms with Crippen molar-refractivity contribution in [3.8, 4) is 0 Å². The maximum atomic E-state index is 12.2. The molecule has 0 saturated carbocycles. The maximum Gasteiger partial charge on any atom is 0.418 e. The average molecular weight is 216 g/mol. The fraction of sp³-hybridized carbons (Fsp3) is 0.273. The highest BCUT2D eigenvalue weighted by Crippen LogP contribution is 2.33. The summed E-state index contributed by atoms with van der Waals surface area (Å²) in [4.78, 5) is 0. The molecule has 1 aromatic carbocycles. The van der Waals surface area contributed by atoms with Gasteiger partial charge >= 0.3 is 6.18 Å². The van der Waals surface area contributed by atoms with Crippen molar-refractivity contribution < 1.29 is 18.3 Å². The van der Waals surface area contributed by atoms with Crippen LogP contribution in [0.25, 0.3) is 6.08 Å². The minimum Gasteiger partial charge on any atom is -0.379 e. The van der Waals surface area contributed by atoms with Gasteiger partial charge < -0.3 is 5.11 Å². The number of aryl methyl sites for hydroxylation is 1. The number of hydrogen-bond acceptors (Lipinski definition) is 1. The third kappa shape index (κ3) is 2.83. The Bertz CT molecular complexity index is 369. The molecule has 0 aromatic heterocycles. The molecule has 82 valence electrons. The van der Waals surface area contributed by atoms with Crippen molar-refractivity contribution in [3.05, 3.63) is 41.5 Å². The molecule has 4 heteroatoms. The van der Waals surface area contributed by atoms with Crippen LogP contribution < -0.4 is 0 Å². The van der Waals surface area contributed by atoms with Crippen LogP contribution in [0.5, 0.6) is 0 Å². The van der Waals surface area contributed by atoms with E-state index in [1.807, 2.05) is 0 Å². The van der Waals surface area contributed by atoms with Gasteiger partial charge in [-0.3, -0.25) is 0 Å². The Morgan fingerprint density at radius 2 is 1.93 bits per heavy atom. The Hall–Kier alpha value is -1.29. The maximum absolute atomic E-state index is 12.2. The van der Waals surface area contributed by atoms with Crippen molar-refractivity contribution in [1.29, 1.82) is 0 Å². The first kappa shape index (κ1) is 11.8. The molecule has 0 bridgehead atoms. The lowest BCUT2D eigenvalue weighted by Crippen LogP contribution is -2.20. The predicted octanol–water partition coefficient (Wildman–Crippen LogP) is 3.23. The van der Waals surface area contributed by atoms with E-state index in [4.69, 9.17) is 5.11 Å². The largest absolute Gasteiger partial charge is 0.418 e. The van der Waals surface area contributed by atoms with Gasteiger partial charge in [0, 0.05) is 0 Å². The Balaban J connectivity index is 3.14. The number of halogens is 3. The van der Waals surface area contributed by atoms with Crippen molar-refractivity contribution in [3.63, 3.8) is 0 Å². The third-order valence-corrected chi connectivity index (χ3v) is 1.98. The highest BCUT2D eigenvalue weighted by atomic mass is 19.4. The molecule has 0 saturated heterocycles. The summed E-state index contributed by atoms with van der Waals surface area (Å²) in [6, 6.07) is 4.28. The van der Waals surface area contributed by atoms with Crippen LogP contribution in [-0.2, 0) is 0 Å². The van der Waals surface area contributed by atoms with E-state index in [-0.39, 0.29) is 5.56 Å². The van der Waals surface area contributed by atoms with Crippen LogP contribution in [0.1, 0.15) is 22.8 Å². The summed E-state index contributed by atoms with van der Waals surface area (Å²) in [6.07, 6.45) is -5.62. The van der Waals surface area contributed by atoms with Gasteiger partial charge in [0.1, 0.15) is 0 Å². The lowest BCUT2D eigenvalue weighted by molar-refractivity contribution is -0.206. The monoisotopic (exact) mass is 216 g/mol. The highest BCUT2D eigenvalue weighted by molar-refractivity contribution is 5.50. The number of benzene rings is 1. The van der Waals surface area contributed by atoms with Crippen molar-refractivity contribution in [1.82, 2.24) is 0 Å². The smallest absolute Gasteiger partial charge is 0.379 e. The lowest BCUT2D eigenvalue weighted by atomic mass is 10.0. The number of hydrogen-bond donors (Lipinski definition) is 1. The van der Waals surface area contributed by atoms with Crippen LogP contribution in [-0.4, -0.2) is 11.3 Å². The van der Waals surface area contributed by atoms with Crippen molar-refractivity contribution in [2.75, 3.05) is 0 Å². The van der Waals surface area contributed by atoms with Gasteiger partial charge in [-0.1, -0.05) is 30.4 Å². The van der Waals surface area contributed by atoms with E-state index in [0.29, 0.717) is 11.1 Å². The summed E-state index contributed by atoms with van der Waals surface area (Å²) >= 11 is 0. The van der Waals surface area contributed by atoms with Crippen LogP contribution in [0, 0.1) is 6.92 Å². The first-order valence-corrected chi connectivity index (χ1v) is 4.33. The fourth-order valence-corrected chi connectivity index (χ4v) is 1.31. The average Bonchev–Trinajstić information content (AvgIpc) is 2.14. The molecule has 0 spiro atoms. The second-order valence-corrected chi connectivity index (χ2v) is 3.33. The summed E-state index contributed by atoms with van der Waals surface area (Å²) < 4.78 is 36.7. The molecule has 0 aliphatic heterocycles. The first-order valence-electron chi connectivity index (χ1n) is 4.33. The van der Waals surface area contributed by atoms with Crippen LogP contribution in [0.3, 0.4) is 0 Å². The fourth-order valence-electron chi connectivity index (χ4n) is 1.31. The summed E-state index contributed by atoms with van der Waals surface area (Å²) in [5, 5.41) is 9.04. The van der Waals surface area contributed by atoms with E-state index < -0.39 is 12.3 Å². The van der Waals surface area contributed by atoms with E-state index in [0.717, 1.165) is 0 Å². The van der Waals surface area contributed by atoms with Crippen LogP contribution in [0.2, 0.25) is 0 Å². The molecule has 1 atom stereocenters. The second-order valence-electron chi connectivity index (χ2n) is 3.33. The Labute approximate surface area is 85.9 Å². The molecule has 1 N–H and O–H groups in total. The second kappa shape index (κ2) is 4.06. The molecule has 15 heavy (non-hydrogen) atoms. The van der Waals surface area contributed by atoms with E-state index in [9.17, 15) is 13.2 Å². The van der Waals surface area contributed by atoms with E-state index >= 15 is 0 Å². The molecule has 0 fully saturated rings. The zero-order chi connectivity index (χ0) is 11.6. The molecule has 1 rings (SSSR count). The Morgan fingerprint density at radius 1 is 1.33 bits per heavy atom. The van der Waals surface area contributed by atoms with E-state index in [1.165, 1.54) is 18.2 Å². The molecule has 0 radical (unpaired) electrons. The minimum absolute atomic E-state index is 0.155. The van der Waals surface area contributed by atoms with Gasteiger partial charge in [-0.2, -0.15) is 13.2 Å². The molecular formula is C11H11F3O. The normalized spacial score (nSPS) is 13.7. The molecule has 0 amide bonds. The standard InChI is InChI=1S/C11H11F3O/c1-3-8-4-7(2)5-9(6-8)10(15)11(12,13)14/h3-6,10,15H,1H2,2H3. The number of aliphatic hydroxyl groups excluding tert-OH is 1. The first-order chi connectivity index (χ1) is 6.84. The summed E-state index contributed by atoms with van der Waals surface area (Å²) in [7, 11) is 0. The SMILES string of the molecule is C=Cc1cc(C)cc(C(O)C(F)(F)F)c1.